The molecule has 0 aromatic heterocycles. The number of carbonyl (C=O) groups is 4. The Morgan fingerprint density at radius 3 is 2.34 bits per heavy atom. The number of anilines is 2. The van der Waals surface area contributed by atoms with E-state index in [1.54, 1.807) is 36.4 Å². The number of carboxylic acids is 1. The highest BCUT2D eigenvalue weighted by Gasteiger charge is 2.40. The molecule has 3 amide bonds. The molecule has 9 heteroatoms. The highest BCUT2D eigenvalue weighted by atomic mass is 127. The summed E-state index contributed by atoms with van der Waals surface area (Å²) in [5.41, 5.74) is 1.06. The van der Waals surface area contributed by atoms with Crippen molar-refractivity contribution in [3.05, 3.63) is 64.3 Å². The topological polar surface area (TPSA) is 104 Å². The van der Waals surface area contributed by atoms with E-state index in [4.69, 9.17) is 5.11 Å². The normalized spacial score (nSPS) is 16.4. The maximum absolute atomic E-state index is 12.7. The number of benzene rings is 2. The zero-order valence-corrected chi connectivity index (χ0v) is 17.8. The van der Waals surface area contributed by atoms with Gasteiger partial charge in [0, 0.05) is 32.7 Å². The predicted octanol–water partition coefficient (Wildman–Crippen LogP) is 3.29. The first-order chi connectivity index (χ1) is 13.8. The van der Waals surface area contributed by atoms with E-state index < -0.39 is 17.1 Å². The molecule has 1 atom stereocenters. The minimum absolute atomic E-state index is 0.119. The van der Waals surface area contributed by atoms with Gasteiger partial charge in [0.2, 0.25) is 17.7 Å². The van der Waals surface area contributed by atoms with Crippen molar-refractivity contribution >= 4 is 69.4 Å². The minimum atomic E-state index is -1.21. The molecule has 1 aliphatic rings. The third-order valence-corrected chi connectivity index (χ3v) is 5.88. The van der Waals surface area contributed by atoms with Crippen LogP contribution in [0.25, 0.3) is 0 Å². The summed E-state index contributed by atoms with van der Waals surface area (Å²) in [6, 6.07) is 13.9. The Balaban J connectivity index is 1.64. The van der Waals surface area contributed by atoms with Crippen molar-refractivity contribution < 1.29 is 24.3 Å². The molecule has 1 aliphatic heterocycles. The van der Waals surface area contributed by atoms with Gasteiger partial charge in [0.25, 0.3) is 0 Å². The van der Waals surface area contributed by atoms with Gasteiger partial charge in [-0.05, 0) is 71.1 Å². The molecule has 1 saturated heterocycles. The lowest BCUT2D eigenvalue weighted by molar-refractivity contribution is -0.131. The van der Waals surface area contributed by atoms with Gasteiger partial charge in [-0.1, -0.05) is 0 Å². The van der Waals surface area contributed by atoms with Gasteiger partial charge in [-0.3, -0.25) is 14.4 Å². The Morgan fingerprint density at radius 1 is 1.07 bits per heavy atom. The van der Waals surface area contributed by atoms with E-state index in [1.807, 2.05) is 12.1 Å². The van der Waals surface area contributed by atoms with Crippen LogP contribution in [-0.2, 0) is 19.2 Å². The highest BCUT2D eigenvalue weighted by Crippen LogP contribution is 2.34. The number of amides is 3. The Kier molecular flexibility index (Phi) is 6.70. The molecule has 3 rings (SSSR count). The summed E-state index contributed by atoms with van der Waals surface area (Å²) in [5, 5.41) is 10.5. The van der Waals surface area contributed by atoms with Crippen molar-refractivity contribution in [3.8, 4) is 0 Å². The molecule has 1 heterocycles. The SMILES string of the molecule is O=C(O)C=CC(=O)Nc1ccc(SC2CC(=O)N(c3ccc(I)cc3)C2=O)cc1. The summed E-state index contributed by atoms with van der Waals surface area (Å²) >= 11 is 3.45. The average Bonchev–Trinajstić information content (AvgIpc) is 2.96. The van der Waals surface area contributed by atoms with E-state index in [-0.39, 0.29) is 18.2 Å². The molecule has 1 unspecified atom stereocenters. The number of aliphatic carboxylic acids is 1. The summed E-state index contributed by atoms with van der Waals surface area (Å²) in [6.45, 7) is 0. The molecule has 2 aromatic rings. The smallest absolute Gasteiger partial charge is 0.328 e. The van der Waals surface area contributed by atoms with Crippen LogP contribution in [0.3, 0.4) is 0 Å². The van der Waals surface area contributed by atoms with E-state index in [0.717, 1.165) is 20.6 Å². The standard InChI is InChI=1S/C20H15IN2O5S/c21-12-1-5-14(6-2-12)23-18(25)11-16(20(23)28)29-15-7-3-13(4-8-15)22-17(24)9-10-19(26)27/h1-10,16H,11H2,(H,22,24)(H,26,27). The Bertz CT molecular complexity index is 989. The number of nitrogens with one attached hydrogen (secondary N) is 1. The fraction of sp³-hybridized carbons (Fsp3) is 0.100. The van der Waals surface area contributed by atoms with E-state index in [1.165, 1.54) is 16.7 Å². The fourth-order valence-electron chi connectivity index (χ4n) is 2.67. The van der Waals surface area contributed by atoms with Crippen molar-refractivity contribution in [2.75, 3.05) is 10.2 Å². The second-order valence-corrected chi connectivity index (χ2v) is 8.56. The Morgan fingerprint density at radius 2 is 1.72 bits per heavy atom. The molecule has 2 aromatic carbocycles. The van der Waals surface area contributed by atoms with Gasteiger partial charge in [0.1, 0.15) is 0 Å². The summed E-state index contributed by atoms with van der Waals surface area (Å²) in [6.07, 6.45) is 1.79. The number of halogens is 1. The van der Waals surface area contributed by atoms with Crippen LogP contribution in [0.4, 0.5) is 11.4 Å². The van der Waals surface area contributed by atoms with Crippen molar-refractivity contribution in [1.82, 2.24) is 0 Å². The number of thioether (sulfide) groups is 1. The molecule has 0 bridgehead atoms. The maximum Gasteiger partial charge on any atom is 0.328 e. The summed E-state index contributed by atoms with van der Waals surface area (Å²) in [5.74, 6) is -2.25. The van der Waals surface area contributed by atoms with Crippen molar-refractivity contribution in [1.29, 1.82) is 0 Å². The number of nitrogens with zero attached hydrogens (tertiary/aromatic N) is 1. The van der Waals surface area contributed by atoms with Gasteiger partial charge >= 0.3 is 5.97 Å². The lowest BCUT2D eigenvalue weighted by atomic mass is 10.3. The second-order valence-electron chi connectivity index (χ2n) is 6.04. The van der Waals surface area contributed by atoms with Gasteiger partial charge in [-0.2, -0.15) is 0 Å². The first-order valence-corrected chi connectivity index (χ1v) is 10.4. The number of carbonyl (C=O) groups excluding carboxylic acids is 3. The van der Waals surface area contributed by atoms with Crippen LogP contribution in [0.1, 0.15) is 6.42 Å². The van der Waals surface area contributed by atoms with Crippen LogP contribution in [0.5, 0.6) is 0 Å². The predicted molar refractivity (Wildman–Crippen MR) is 118 cm³/mol. The van der Waals surface area contributed by atoms with Gasteiger partial charge in [0.05, 0.1) is 10.9 Å². The third kappa shape index (κ3) is 5.45. The average molecular weight is 522 g/mol. The lowest BCUT2D eigenvalue weighted by Gasteiger charge is -2.15. The van der Waals surface area contributed by atoms with Gasteiger partial charge < -0.3 is 10.4 Å². The Labute approximate surface area is 184 Å². The second kappa shape index (κ2) is 9.23. The molecule has 0 aliphatic carbocycles. The summed E-state index contributed by atoms with van der Waals surface area (Å²) in [4.78, 5) is 49.1. The van der Waals surface area contributed by atoms with Crippen molar-refractivity contribution in [3.63, 3.8) is 0 Å². The zero-order valence-electron chi connectivity index (χ0n) is 14.9. The van der Waals surface area contributed by atoms with Crippen LogP contribution in [0, 0.1) is 3.57 Å². The molecule has 0 spiro atoms. The molecule has 0 saturated carbocycles. The minimum Gasteiger partial charge on any atom is -0.478 e. The van der Waals surface area contributed by atoms with E-state index in [2.05, 4.69) is 27.9 Å². The molecule has 7 nitrogen and oxygen atoms in total. The number of imide groups is 1. The van der Waals surface area contributed by atoms with Gasteiger partial charge in [-0.25, -0.2) is 9.69 Å². The molecule has 148 valence electrons. The summed E-state index contributed by atoms with van der Waals surface area (Å²) < 4.78 is 1.02. The van der Waals surface area contributed by atoms with Gasteiger partial charge in [-0.15, -0.1) is 11.8 Å². The van der Waals surface area contributed by atoms with Crippen LogP contribution < -0.4 is 10.2 Å². The number of carboxylic acid groups (broad SMARTS) is 1. The molecule has 0 radical (unpaired) electrons. The van der Waals surface area contributed by atoms with E-state index >= 15 is 0 Å². The monoisotopic (exact) mass is 522 g/mol. The number of hydrogen-bond donors (Lipinski definition) is 2. The largest absolute Gasteiger partial charge is 0.478 e. The Hall–Kier alpha value is -2.66. The van der Waals surface area contributed by atoms with Crippen LogP contribution >= 0.6 is 34.4 Å². The maximum atomic E-state index is 12.7. The van der Waals surface area contributed by atoms with Crippen molar-refractivity contribution in [2.24, 2.45) is 0 Å². The molecular weight excluding hydrogens is 507 g/mol. The number of hydrogen-bond acceptors (Lipinski definition) is 5. The highest BCUT2D eigenvalue weighted by molar-refractivity contribution is 14.1. The van der Waals surface area contributed by atoms with E-state index in [9.17, 15) is 19.2 Å². The molecule has 29 heavy (non-hydrogen) atoms. The lowest BCUT2D eigenvalue weighted by Crippen LogP contribution is -2.31. The van der Waals surface area contributed by atoms with E-state index in [0.29, 0.717) is 11.4 Å². The fourth-order valence-corrected chi connectivity index (χ4v) is 4.08. The summed E-state index contributed by atoms with van der Waals surface area (Å²) in [7, 11) is 0. The molecule has 2 N–H and O–H groups in total. The zero-order chi connectivity index (χ0) is 21.0. The quantitative estimate of drug-likeness (QED) is 0.343. The van der Waals surface area contributed by atoms with Crippen LogP contribution in [0.2, 0.25) is 0 Å². The van der Waals surface area contributed by atoms with Crippen molar-refractivity contribution in [2.45, 2.75) is 16.6 Å². The third-order valence-electron chi connectivity index (χ3n) is 3.97. The van der Waals surface area contributed by atoms with Crippen LogP contribution in [0.15, 0.2) is 65.6 Å². The first-order valence-electron chi connectivity index (χ1n) is 8.44. The van der Waals surface area contributed by atoms with Crippen LogP contribution in [-0.4, -0.2) is 34.0 Å². The molecule has 1 fully saturated rings. The van der Waals surface area contributed by atoms with Gasteiger partial charge in [0.15, 0.2) is 0 Å². The number of rotatable bonds is 6. The first kappa shape index (κ1) is 21.1. The molecular formula is C20H15IN2O5S.